The van der Waals surface area contributed by atoms with Crippen molar-refractivity contribution in [2.75, 3.05) is 25.4 Å². The van der Waals surface area contributed by atoms with E-state index in [0.29, 0.717) is 11.5 Å². The smallest absolute Gasteiger partial charge is 0.251 e. The van der Waals surface area contributed by atoms with Gasteiger partial charge in [0.05, 0.1) is 10.6 Å². The molecule has 0 aromatic heterocycles. The minimum Gasteiger partial charge on any atom is -0.351 e. The maximum absolute atomic E-state index is 12.9. The van der Waals surface area contributed by atoms with Crippen LogP contribution in [0.25, 0.3) is 0 Å². The van der Waals surface area contributed by atoms with Crippen LogP contribution in [0.15, 0.2) is 53.4 Å². The molecular weight excluding hydrogens is 367 g/mol. The highest BCUT2D eigenvalue weighted by molar-refractivity contribution is 7.91. The molecule has 1 amide bonds. The van der Waals surface area contributed by atoms with Crippen molar-refractivity contribution in [2.45, 2.75) is 17.7 Å². The molecule has 2 aromatic rings. The van der Waals surface area contributed by atoms with Crippen molar-refractivity contribution in [3.63, 3.8) is 0 Å². The third kappa shape index (κ3) is 5.14. The van der Waals surface area contributed by atoms with E-state index in [-0.39, 0.29) is 23.1 Å². The maximum atomic E-state index is 12.9. The fraction of sp³-hybridized carbons (Fsp3) is 0.350. The molecule has 1 atom stereocenters. The molecule has 1 unspecified atom stereocenters. The molecule has 3 rings (SSSR count). The highest BCUT2D eigenvalue weighted by atomic mass is 32.2. The molecule has 0 saturated carbocycles. The summed E-state index contributed by atoms with van der Waals surface area (Å²) >= 11 is 0. The van der Waals surface area contributed by atoms with Gasteiger partial charge in [0.2, 0.25) is 0 Å². The van der Waals surface area contributed by atoms with Crippen LogP contribution < -0.4 is 10.6 Å². The zero-order chi connectivity index (χ0) is 19.3. The van der Waals surface area contributed by atoms with Crippen molar-refractivity contribution in [3.8, 4) is 0 Å². The first-order chi connectivity index (χ1) is 13.0. The number of sulfone groups is 1. The Morgan fingerprint density at radius 3 is 2.59 bits per heavy atom. The molecule has 144 valence electrons. The van der Waals surface area contributed by atoms with Crippen LogP contribution in [0.4, 0.5) is 4.39 Å². The van der Waals surface area contributed by atoms with Gasteiger partial charge in [-0.25, -0.2) is 12.8 Å². The van der Waals surface area contributed by atoms with Crippen molar-refractivity contribution >= 4 is 15.7 Å². The second-order valence-corrected chi connectivity index (χ2v) is 8.86. The molecule has 27 heavy (non-hydrogen) atoms. The summed E-state index contributed by atoms with van der Waals surface area (Å²) in [5, 5.41) is 6.01. The monoisotopic (exact) mass is 390 g/mol. The van der Waals surface area contributed by atoms with Gasteiger partial charge in [0.1, 0.15) is 5.82 Å². The van der Waals surface area contributed by atoms with Crippen molar-refractivity contribution in [1.82, 2.24) is 10.6 Å². The Labute approximate surface area is 158 Å². The number of benzene rings is 2. The third-order valence-electron chi connectivity index (χ3n) is 4.76. The van der Waals surface area contributed by atoms with Crippen molar-refractivity contribution in [2.24, 2.45) is 5.92 Å². The summed E-state index contributed by atoms with van der Waals surface area (Å²) in [5.74, 6) is -0.487. The van der Waals surface area contributed by atoms with E-state index in [2.05, 4.69) is 10.6 Å². The molecule has 0 spiro atoms. The zero-order valence-corrected chi connectivity index (χ0v) is 15.8. The lowest BCUT2D eigenvalue weighted by Crippen LogP contribution is -2.30. The lowest BCUT2D eigenvalue weighted by Gasteiger charge is -2.13. The van der Waals surface area contributed by atoms with Crippen molar-refractivity contribution in [1.29, 1.82) is 0 Å². The fourth-order valence-electron chi connectivity index (χ4n) is 3.27. The predicted octanol–water partition coefficient (Wildman–Crippen LogP) is 2.18. The van der Waals surface area contributed by atoms with E-state index in [0.717, 1.165) is 43.6 Å². The molecule has 0 bridgehead atoms. The van der Waals surface area contributed by atoms with Crippen LogP contribution in [0.3, 0.4) is 0 Å². The minimum absolute atomic E-state index is 0.00212. The molecule has 2 N–H and O–H groups in total. The number of halogens is 1. The lowest BCUT2D eigenvalue weighted by molar-refractivity contribution is 0.0955. The molecule has 1 fully saturated rings. The molecule has 5 nitrogen and oxygen atoms in total. The number of rotatable bonds is 7. The first kappa shape index (κ1) is 19.5. The zero-order valence-electron chi connectivity index (χ0n) is 14.9. The van der Waals surface area contributed by atoms with E-state index < -0.39 is 15.7 Å². The molecule has 1 aliphatic rings. The van der Waals surface area contributed by atoms with Gasteiger partial charge < -0.3 is 10.6 Å². The second kappa shape index (κ2) is 8.63. The molecule has 0 aliphatic carbocycles. The summed E-state index contributed by atoms with van der Waals surface area (Å²) in [4.78, 5) is 12.6. The standard InChI is InChI=1S/C20H23FN2O3S/c21-17-5-7-18(8-6-17)27(25,26)12-11-23-20(24)19-4-2-1-3-16(19)13-15-9-10-22-14-15/h1-8,15,22H,9-14H2,(H,23,24). The first-order valence-corrected chi connectivity index (χ1v) is 10.7. The highest BCUT2D eigenvalue weighted by Gasteiger charge is 2.19. The third-order valence-corrected chi connectivity index (χ3v) is 6.49. The van der Waals surface area contributed by atoms with Crippen molar-refractivity contribution < 1.29 is 17.6 Å². The van der Waals surface area contributed by atoms with E-state index in [9.17, 15) is 17.6 Å². The second-order valence-electron chi connectivity index (χ2n) is 6.75. The van der Waals surface area contributed by atoms with Gasteiger partial charge >= 0.3 is 0 Å². The number of amides is 1. The summed E-state index contributed by atoms with van der Waals surface area (Å²) in [7, 11) is -3.57. The molecule has 1 heterocycles. The van der Waals surface area contributed by atoms with Crippen LogP contribution in [0.5, 0.6) is 0 Å². The van der Waals surface area contributed by atoms with E-state index in [1.165, 1.54) is 12.1 Å². The van der Waals surface area contributed by atoms with Gasteiger partial charge in [0.15, 0.2) is 9.84 Å². The van der Waals surface area contributed by atoms with E-state index in [1.54, 1.807) is 12.1 Å². The van der Waals surface area contributed by atoms with E-state index in [1.807, 2.05) is 12.1 Å². The largest absolute Gasteiger partial charge is 0.351 e. The molecule has 1 saturated heterocycles. The molecule has 2 aromatic carbocycles. The van der Waals surface area contributed by atoms with Crippen LogP contribution >= 0.6 is 0 Å². The molecule has 1 aliphatic heterocycles. The van der Waals surface area contributed by atoms with Gasteiger partial charge in [-0.15, -0.1) is 0 Å². The number of nitrogens with one attached hydrogen (secondary N) is 2. The summed E-state index contributed by atoms with van der Waals surface area (Å²) in [6, 6.07) is 12.1. The predicted molar refractivity (Wildman–Crippen MR) is 102 cm³/mol. The SMILES string of the molecule is O=C(NCCS(=O)(=O)c1ccc(F)cc1)c1ccccc1CC1CCNC1. The maximum Gasteiger partial charge on any atom is 0.251 e. The number of hydrogen-bond donors (Lipinski definition) is 2. The Hall–Kier alpha value is -2.25. The molecular formula is C20H23FN2O3S. The first-order valence-electron chi connectivity index (χ1n) is 9.01. The Morgan fingerprint density at radius 1 is 1.15 bits per heavy atom. The molecule has 7 heteroatoms. The van der Waals surface area contributed by atoms with Gasteiger partial charge in [-0.1, -0.05) is 18.2 Å². The molecule has 0 radical (unpaired) electrons. The van der Waals surface area contributed by atoms with Crippen LogP contribution in [0.2, 0.25) is 0 Å². The summed E-state index contributed by atoms with van der Waals surface area (Å²) in [6.07, 6.45) is 1.91. The average molecular weight is 390 g/mol. The van der Waals surface area contributed by atoms with E-state index in [4.69, 9.17) is 0 Å². The van der Waals surface area contributed by atoms with Gasteiger partial charge in [0.25, 0.3) is 5.91 Å². The summed E-state index contributed by atoms with van der Waals surface area (Å²) < 4.78 is 37.5. The van der Waals surface area contributed by atoms with Crippen LogP contribution in [0, 0.1) is 11.7 Å². The highest BCUT2D eigenvalue weighted by Crippen LogP contribution is 2.18. The normalized spacial score (nSPS) is 17.0. The number of carbonyl (C=O) groups is 1. The Kier molecular flexibility index (Phi) is 6.23. The van der Waals surface area contributed by atoms with Crippen LogP contribution in [-0.2, 0) is 16.3 Å². The lowest BCUT2D eigenvalue weighted by atomic mass is 9.94. The van der Waals surface area contributed by atoms with Crippen molar-refractivity contribution in [3.05, 3.63) is 65.5 Å². The Morgan fingerprint density at radius 2 is 1.89 bits per heavy atom. The fourth-order valence-corrected chi connectivity index (χ4v) is 4.43. The Balaban J connectivity index is 1.60. The summed E-state index contributed by atoms with van der Waals surface area (Å²) in [6.45, 7) is 1.95. The van der Waals surface area contributed by atoms with Crippen LogP contribution in [-0.4, -0.2) is 39.7 Å². The number of hydrogen-bond acceptors (Lipinski definition) is 4. The number of carbonyl (C=O) groups excluding carboxylic acids is 1. The van der Waals surface area contributed by atoms with Gasteiger partial charge in [-0.05, 0) is 67.7 Å². The average Bonchev–Trinajstić information content (AvgIpc) is 3.15. The minimum atomic E-state index is -3.57. The van der Waals surface area contributed by atoms with E-state index >= 15 is 0 Å². The quantitative estimate of drug-likeness (QED) is 0.711. The topological polar surface area (TPSA) is 75.3 Å². The van der Waals surface area contributed by atoms with Gasteiger partial charge in [-0.2, -0.15) is 0 Å². The van der Waals surface area contributed by atoms with Gasteiger partial charge in [-0.3, -0.25) is 4.79 Å². The van der Waals surface area contributed by atoms with Crippen LogP contribution in [0.1, 0.15) is 22.3 Å². The van der Waals surface area contributed by atoms with Gasteiger partial charge in [0, 0.05) is 12.1 Å². The summed E-state index contributed by atoms with van der Waals surface area (Å²) in [5.41, 5.74) is 1.56. The Bertz CT molecular complexity index is 892.